The van der Waals surface area contributed by atoms with Crippen LogP contribution in [0.3, 0.4) is 0 Å². The highest BCUT2D eigenvalue weighted by molar-refractivity contribution is 7.91. The molecular formula is C21H17NO5S2. The Morgan fingerprint density at radius 2 is 1.83 bits per heavy atom. The number of hydrogen-bond acceptors (Lipinski definition) is 6. The van der Waals surface area contributed by atoms with E-state index in [0.717, 1.165) is 4.88 Å². The Morgan fingerprint density at radius 3 is 2.55 bits per heavy atom. The molecule has 2 aromatic carbocycles. The summed E-state index contributed by atoms with van der Waals surface area (Å²) in [5.41, 5.74) is 2.20. The summed E-state index contributed by atoms with van der Waals surface area (Å²) in [5, 5.41) is 2.78. The molecule has 0 bridgehead atoms. The Bertz CT molecular complexity index is 1210. The molecule has 0 unspecified atom stereocenters. The Balaban J connectivity index is 1.58. The van der Waals surface area contributed by atoms with Crippen molar-refractivity contribution in [3.05, 3.63) is 70.6 Å². The number of nitrogens with one attached hydrogen (secondary N) is 1. The molecule has 148 valence electrons. The van der Waals surface area contributed by atoms with Gasteiger partial charge < -0.3 is 10.1 Å². The summed E-state index contributed by atoms with van der Waals surface area (Å²) < 4.78 is 29.9. The lowest BCUT2D eigenvalue weighted by Gasteiger charge is -2.15. The lowest BCUT2D eigenvalue weighted by atomic mass is 10.1. The van der Waals surface area contributed by atoms with Gasteiger partial charge in [0.25, 0.3) is 5.91 Å². The van der Waals surface area contributed by atoms with Gasteiger partial charge >= 0.3 is 5.97 Å². The van der Waals surface area contributed by atoms with Crippen LogP contribution in [0.5, 0.6) is 0 Å². The fraction of sp³-hybridized carbons (Fsp3) is 0.143. The van der Waals surface area contributed by atoms with Crippen molar-refractivity contribution >= 4 is 38.7 Å². The van der Waals surface area contributed by atoms with Crippen LogP contribution >= 0.6 is 11.3 Å². The van der Waals surface area contributed by atoms with Crippen molar-refractivity contribution in [2.75, 3.05) is 11.9 Å². The summed E-state index contributed by atoms with van der Waals surface area (Å²) >= 11 is 1.27. The van der Waals surface area contributed by atoms with E-state index in [4.69, 9.17) is 4.74 Å². The van der Waals surface area contributed by atoms with Crippen LogP contribution in [0.25, 0.3) is 10.4 Å². The molecule has 1 aliphatic heterocycles. The highest BCUT2D eigenvalue weighted by Gasteiger charge is 2.30. The first kappa shape index (κ1) is 19.4. The Kier molecular flexibility index (Phi) is 4.97. The predicted octanol–water partition coefficient (Wildman–Crippen LogP) is 4.13. The number of hydrogen-bond donors (Lipinski definition) is 1. The van der Waals surface area contributed by atoms with Gasteiger partial charge in [-0.15, -0.1) is 11.3 Å². The quantitative estimate of drug-likeness (QED) is 0.633. The van der Waals surface area contributed by atoms with Crippen LogP contribution in [0.2, 0.25) is 0 Å². The molecule has 6 nitrogen and oxygen atoms in total. The number of carbonyl (C=O) groups is 2. The van der Waals surface area contributed by atoms with E-state index in [1.807, 2.05) is 0 Å². The van der Waals surface area contributed by atoms with Crippen molar-refractivity contribution in [1.29, 1.82) is 0 Å². The van der Waals surface area contributed by atoms with Crippen LogP contribution in [-0.2, 0) is 20.3 Å². The first-order chi connectivity index (χ1) is 13.9. The summed E-state index contributed by atoms with van der Waals surface area (Å²) in [5.74, 6) is -0.864. The van der Waals surface area contributed by atoms with Gasteiger partial charge in [0.15, 0.2) is 9.84 Å². The zero-order chi connectivity index (χ0) is 20.6. The number of thiophene rings is 1. The molecular weight excluding hydrogens is 410 g/mol. The van der Waals surface area contributed by atoms with Gasteiger partial charge in [0.05, 0.1) is 27.7 Å². The Morgan fingerprint density at radius 1 is 1.10 bits per heavy atom. The largest absolute Gasteiger partial charge is 0.462 e. The number of sulfone groups is 1. The lowest BCUT2D eigenvalue weighted by molar-refractivity contribution is 0.0526. The topological polar surface area (TPSA) is 89.5 Å². The predicted molar refractivity (Wildman–Crippen MR) is 111 cm³/mol. The van der Waals surface area contributed by atoms with Gasteiger partial charge in [-0.05, 0) is 48.9 Å². The molecule has 8 heteroatoms. The zero-order valence-corrected chi connectivity index (χ0v) is 17.1. The van der Waals surface area contributed by atoms with Crippen LogP contribution < -0.4 is 5.32 Å². The minimum atomic E-state index is -3.41. The van der Waals surface area contributed by atoms with E-state index in [1.54, 1.807) is 61.5 Å². The van der Waals surface area contributed by atoms with Gasteiger partial charge in [-0.3, -0.25) is 4.79 Å². The normalized spacial score (nSPS) is 13.8. The van der Waals surface area contributed by atoms with Crippen LogP contribution in [-0.4, -0.2) is 26.9 Å². The number of amides is 1. The molecule has 0 fully saturated rings. The van der Waals surface area contributed by atoms with E-state index in [1.165, 1.54) is 11.3 Å². The summed E-state index contributed by atoms with van der Waals surface area (Å²) in [6, 6.07) is 14.9. The first-order valence-corrected chi connectivity index (χ1v) is 11.4. The molecule has 0 aliphatic carbocycles. The number of ether oxygens (including phenoxy) is 1. The van der Waals surface area contributed by atoms with Gasteiger partial charge in [-0.1, -0.05) is 18.2 Å². The van der Waals surface area contributed by atoms with E-state index < -0.39 is 15.8 Å². The third-order valence-electron chi connectivity index (χ3n) is 4.50. The maximum Gasteiger partial charge on any atom is 0.338 e. The van der Waals surface area contributed by atoms with Gasteiger partial charge in [0.2, 0.25) is 0 Å². The van der Waals surface area contributed by atoms with Crippen LogP contribution in [0.4, 0.5) is 5.69 Å². The van der Waals surface area contributed by atoms with Crippen molar-refractivity contribution in [3.8, 4) is 10.4 Å². The molecule has 29 heavy (non-hydrogen) atoms. The molecule has 0 saturated heterocycles. The molecule has 0 spiro atoms. The fourth-order valence-corrected chi connectivity index (χ4v) is 6.04. The van der Waals surface area contributed by atoms with E-state index in [-0.39, 0.29) is 11.7 Å². The van der Waals surface area contributed by atoms with Crippen molar-refractivity contribution in [2.45, 2.75) is 17.6 Å². The number of benzene rings is 2. The minimum Gasteiger partial charge on any atom is -0.462 e. The molecule has 0 radical (unpaired) electrons. The van der Waals surface area contributed by atoms with Crippen molar-refractivity contribution in [2.24, 2.45) is 0 Å². The van der Waals surface area contributed by atoms with Gasteiger partial charge in [-0.25, -0.2) is 13.2 Å². The van der Waals surface area contributed by atoms with Crippen LogP contribution in [0, 0.1) is 0 Å². The third kappa shape index (κ3) is 3.68. The van der Waals surface area contributed by atoms with Crippen LogP contribution in [0.1, 0.15) is 32.5 Å². The van der Waals surface area contributed by atoms with Crippen molar-refractivity contribution in [3.63, 3.8) is 0 Å². The Labute approximate surface area is 172 Å². The van der Waals surface area contributed by atoms with E-state index in [2.05, 4.69) is 5.32 Å². The summed E-state index contributed by atoms with van der Waals surface area (Å²) in [6.07, 6.45) is 0. The number of esters is 1. The van der Waals surface area contributed by atoms with Crippen molar-refractivity contribution < 1.29 is 22.7 Å². The highest BCUT2D eigenvalue weighted by atomic mass is 32.2. The van der Waals surface area contributed by atoms with Gasteiger partial charge in [0.1, 0.15) is 0 Å². The van der Waals surface area contributed by atoms with E-state index in [9.17, 15) is 18.0 Å². The number of rotatable bonds is 4. The second-order valence-corrected chi connectivity index (χ2v) is 9.48. The summed E-state index contributed by atoms with van der Waals surface area (Å²) in [6.45, 7) is 2.02. The molecule has 2 heterocycles. The second kappa shape index (κ2) is 7.46. The molecule has 0 atom stereocenters. The smallest absolute Gasteiger partial charge is 0.338 e. The Hall–Kier alpha value is -2.97. The number of anilines is 1. The highest BCUT2D eigenvalue weighted by Crippen LogP contribution is 2.42. The molecule has 1 aliphatic rings. The average molecular weight is 428 g/mol. The minimum absolute atomic E-state index is 0.114. The lowest BCUT2D eigenvalue weighted by Crippen LogP contribution is -2.11. The summed E-state index contributed by atoms with van der Waals surface area (Å²) in [7, 11) is -3.41. The zero-order valence-electron chi connectivity index (χ0n) is 15.5. The molecule has 0 saturated carbocycles. The number of fused-ring (bicyclic) bond motifs is 3. The van der Waals surface area contributed by atoms with Crippen LogP contribution in [0.15, 0.2) is 59.5 Å². The third-order valence-corrected chi connectivity index (χ3v) is 7.43. The molecule has 4 rings (SSSR count). The molecule has 3 aromatic rings. The molecule has 1 N–H and O–H groups in total. The molecule has 1 amide bonds. The second-order valence-electron chi connectivity index (χ2n) is 6.47. The maximum absolute atomic E-state index is 12.7. The van der Waals surface area contributed by atoms with Gasteiger partial charge in [0, 0.05) is 16.1 Å². The molecule has 1 aromatic heterocycles. The standard InChI is InChI=1S/C21H17NO5S2/c1-2-27-21(24)13-7-9-15(10-8-13)22-20(23)17-11-14-12-29(25,26)18-6-4-3-5-16(18)19(14)28-17/h3-11H,2,12H2,1H3,(H,22,23). The maximum atomic E-state index is 12.7. The SMILES string of the molecule is CCOC(=O)c1ccc(NC(=O)c2cc3c(s2)-c2ccccc2S(=O)(=O)C3)cc1. The van der Waals surface area contributed by atoms with Gasteiger partial charge in [-0.2, -0.15) is 0 Å². The van der Waals surface area contributed by atoms with Crippen molar-refractivity contribution in [1.82, 2.24) is 0 Å². The average Bonchev–Trinajstić information content (AvgIpc) is 3.12. The van der Waals surface area contributed by atoms with E-state index >= 15 is 0 Å². The fourth-order valence-electron chi connectivity index (χ4n) is 3.18. The number of carbonyl (C=O) groups excluding carboxylic acids is 2. The first-order valence-electron chi connectivity index (χ1n) is 8.92. The van der Waals surface area contributed by atoms with E-state index in [0.29, 0.717) is 38.8 Å². The monoisotopic (exact) mass is 427 g/mol. The summed E-state index contributed by atoms with van der Waals surface area (Å²) in [4.78, 5) is 25.9.